The molecule has 1 N–H and O–H groups in total. The van der Waals surface area contributed by atoms with Gasteiger partial charge in [0, 0.05) is 0 Å². The lowest BCUT2D eigenvalue weighted by Crippen LogP contribution is -2.20. The number of carbonyl (C=O) groups is 2. The molecule has 0 saturated heterocycles. The van der Waals surface area contributed by atoms with E-state index in [-0.39, 0.29) is 6.61 Å². The van der Waals surface area contributed by atoms with E-state index in [1.807, 2.05) is 19.9 Å². The lowest BCUT2D eigenvalue weighted by atomic mass is 10.1. The molecule has 1 heterocycles. The number of amides is 1. The monoisotopic (exact) mass is 368 g/mol. The summed E-state index contributed by atoms with van der Waals surface area (Å²) in [5, 5.41) is 3.00. The Morgan fingerprint density at radius 1 is 1.33 bits per heavy atom. The molecule has 0 bridgehead atoms. The average molecular weight is 369 g/mol. The van der Waals surface area contributed by atoms with Crippen LogP contribution in [-0.4, -0.2) is 23.5 Å². The van der Waals surface area contributed by atoms with Gasteiger partial charge in [0.15, 0.2) is 11.7 Å². The highest BCUT2D eigenvalue weighted by molar-refractivity contribution is 9.11. The molecule has 0 aliphatic rings. The topological polar surface area (TPSA) is 68.3 Å². The van der Waals surface area contributed by atoms with Gasteiger partial charge in [-0.25, -0.2) is 9.78 Å². The summed E-state index contributed by atoms with van der Waals surface area (Å²) in [7, 11) is 0. The SMILES string of the molecule is Cc1ccc(C(=O)OCC(=O)Nc2ncc(Br)s2)cc1C. The molecule has 0 atom stereocenters. The van der Waals surface area contributed by atoms with Crippen LogP contribution in [0.4, 0.5) is 5.13 Å². The third-order valence-corrected chi connectivity index (χ3v) is 4.19. The van der Waals surface area contributed by atoms with Crippen molar-refractivity contribution in [2.24, 2.45) is 0 Å². The molecule has 2 rings (SSSR count). The van der Waals surface area contributed by atoms with E-state index in [1.54, 1.807) is 18.3 Å². The first-order valence-electron chi connectivity index (χ1n) is 6.11. The maximum atomic E-state index is 11.8. The largest absolute Gasteiger partial charge is 0.452 e. The van der Waals surface area contributed by atoms with E-state index >= 15 is 0 Å². The Kier molecular flexibility index (Phi) is 5.08. The second-order valence-electron chi connectivity index (χ2n) is 4.39. The van der Waals surface area contributed by atoms with Crippen molar-refractivity contribution >= 4 is 44.3 Å². The van der Waals surface area contributed by atoms with Gasteiger partial charge in [-0.2, -0.15) is 0 Å². The molecule has 5 nitrogen and oxygen atoms in total. The summed E-state index contributed by atoms with van der Waals surface area (Å²) in [6, 6.07) is 5.27. The molecule has 0 saturated carbocycles. The second kappa shape index (κ2) is 6.82. The van der Waals surface area contributed by atoms with Crippen molar-refractivity contribution in [2.75, 3.05) is 11.9 Å². The third kappa shape index (κ3) is 4.37. The van der Waals surface area contributed by atoms with Crippen molar-refractivity contribution in [1.82, 2.24) is 4.98 Å². The third-order valence-electron chi connectivity index (χ3n) is 2.80. The van der Waals surface area contributed by atoms with Gasteiger partial charge in [0.1, 0.15) is 0 Å². The highest BCUT2D eigenvalue weighted by Gasteiger charge is 2.12. The minimum Gasteiger partial charge on any atom is -0.452 e. The van der Waals surface area contributed by atoms with Crippen LogP contribution in [0.5, 0.6) is 0 Å². The Hall–Kier alpha value is -1.73. The van der Waals surface area contributed by atoms with E-state index in [0.717, 1.165) is 14.9 Å². The van der Waals surface area contributed by atoms with Crippen molar-refractivity contribution in [3.8, 4) is 0 Å². The molecule has 0 aliphatic heterocycles. The Balaban J connectivity index is 1.88. The fraction of sp³-hybridized carbons (Fsp3) is 0.214. The van der Waals surface area contributed by atoms with Crippen LogP contribution in [0.1, 0.15) is 21.5 Å². The van der Waals surface area contributed by atoms with E-state index < -0.39 is 11.9 Å². The molecule has 7 heteroatoms. The molecule has 2 aromatic rings. The molecule has 1 aromatic heterocycles. The zero-order chi connectivity index (χ0) is 15.4. The standard InChI is InChI=1S/C14H13BrN2O3S/c1-8-3-4-10(5-9(8)2)13(19)20-7-12(18)17-14-16-6-11(15)21-14/h3-6H,7H2,1-2H3,(H,16,17,18). The zero-order valence-corrected chi connectivity index (χ0v) is 13.9. The van der Waals surface area contributed by atoms with Gasteiger partial charge >= 0.3 is 5.97 Å². The molecule has 1 amide bonds. The van der Waals surface area contributed by atoms with E-state index in [1.165, 1.54) is 11.3 Å². The van der Waals surface area contributed by atoms with E-state index in [2.05, 4.69) is 26.2 Å². The van der Waals surface area contributed by atoms with E-state index in [0.29, 0.717) is 10.7 Å². The van der Waals surface area contributed by atoms with Gasteiger partial charge in [0.25, 0.3) is 5.91 Å². The number of anilines is 1. The minimum atomic E-state index is -0.520. The summed E-state index contributed by atoms with van der Waals surface area (Å²) in [5.74, 6) is -0.942. The number of nitrogens with zero attached hydrogens (tertiary/aromatic N) is 1. The first-order valence-corrected chi connectivity index (χ1v) is 7.72. The number of rotatable bonds is 4. The van der Waals surface area contributed by atoms with E-state index in [9.17, 15) is 9.59 Å². The van der Waals surface area contributed by atoms with Crippen LogP contribution in [0.25, 0.3) is 0 Å². The van der Waals surface area contributed by atoms with Gasteiger partial charge < -0.3 is 4.74 Å². The molecule has 0 spiro atoms. The number of carbonyl (C=O) groups excluding carboxylic acids is 2. The summed E-state index contributed by atoms with van der Waals surface area (Å²) in [6.07, 6.45) is 1.58. The fourth-order valence-corrected chi connectivity index (χ4v) is 2.67. The predicted octanol–water partition coefficient (Wildman–Crippen LogP) is 3.32. The molecule has 0 fully saturated rings. The van der Waals surface area contributed by atoms with Crippen molar-refractivity contribution < 1.29 is 14.3 Å². The average Bonchev–Trinajstić information content (AvgIpc) is 2.84. The van der Waals surface area contributed by atoms with Gasteiger partial charge in [0.05, 0.1) is 15.5 Å². The number of halogens is 1. The lowest BCUT2D eigenvalue weighted by molar-refractivity contribution is -0.119. The number of ether oxygens (including phenoxy) is 1. The Labute approximate surface area is 134 Å². The van der Waals surface area contributed by atoms with Crippen molar-refractivity contribution in [3.05, 3.63) is 44.9 Å². The van der Waals surface area contributed by atoms with Crippen LogP contribution >= 0.6 is 27.3 Å². The summed E-state index contributed by atoms with van der Waals surface area (Å²) in [4.78, 5) is 27.4. The molecule has 0 aliphatic carbocycles. The number of hydrogen-bond acceptors (Lipinski definition) is 5. The molecule has 21 heavy (non-hydrogen) atoms. The normalized spacial score (nSPS) is 10.2. The van der Waals surface area contributed by atoms with Crippen LogP contribution < -0.4 is 5.32 Å². The van der Waals surface area contributed by atoms with Crippen LogP contribution in [0.15, 0.2) is 28.2 Å². The highest BCUT2D eigenvalue weighted by Crippen LogP contribution is 2.22. The maximum absolute atomic E-state index is 11.8. The van der Waals surface area contributed by atoms with Crippen molar-refractivity contribution in [3.63, 3.8) is 0 Å². The lowest BCUT2D eigenvalue weighted by Gasteiger charge is -2.06. The fourth-order valence-electron chi connectivity index (χ4n) is 1.55. The van der Waals surface area contributed by atoms with E-state index in [4.69, 9.17) is 4.74 Å². The number of aromatic nitrogens is 1. The molecular formula is C14H13BrN2O3S. The molecule has 0 unspecified atom stereocenters. The number of esters is 1. The predicted molar refractivity (Wildman–Crippen MR) is 84.6 cm³/mol. The van der Waals surface area contributed by atoms with Gasteiger partial charge in [-0.1, -0.05) is 17.4 Å². The van der Waals surface area contributed by atoms with Crippen LogP contribution in [0.2, 0.25) is 0 Å². The maximum Gasteiger partial charge on any atom is 0.338 e. The first-order chi connectivity index (χ1) is 9.95. The molecule has 1 aromatic carbocycles. The quantitative estimate of drug-likeness (QED) is 0.840. The summed E-state index contributed by atoms with van der Waals surface area (Å²) < 4.78 is 5.79. The van der Waals surface area contributed by atoms with Crippen LogP contribution in [0, 0.1) is 13.8 Å². The summed E-state index contributed by atoms with van der Waals surface area (Å²) in [5.41, 5.74) is 2.53. The number of hydrogen-bond donors (Lipinski definition) is 1. The Morgan fingerprint density at radius 2 is 2.10 bits per heavy atom. The zero-order valence-electron chi connectivity index (χ0n) is 11.5. The Bertz CT molecular complexity index is 685. The van der Waals surface area contributed by atoms with Crippen LogP contribution in [-0.2, 0) is 9.53 Å². The van der Waals surface area contributed by atoms with Crippen molar-refractivity contribution in [2.45, 2.75) is 13.8 Å². The molecular weight excluding hydrogens is 356 g/mol. The van der Waals surface area contributed by atoms with Gasteiger partial charge in [-0.15, -0.1) is 0 Å². The van der Waals surface area contributed by atoms with Gasteiger partial charge in [-0.3, -0.25) is 10.1 Å². The number of thiazole rings is 1. The van der Waals surface area contributed by atoms with Gasteiger partial charge in [-0.05, 0) is 53.0 Å². The second-order valence-corrected chi connectivity index (χ2v) is 6.80. The molecule has 0 radical (unpaired) electrons. The van der Waals surface area contributed by atoms with Crippen LogP contribution in [0.3, 0.4) is 0 Å². The smallest absolute Gasteiger partial charge is 0.338 e. The van der Waals surface area contributed by atoms with Gasteiger partial charge in [0.2, 0.25) is 0 Å². The summed E-state index contributed by atoms with van der Waals surface area (Å²) >= 11 is 4.53. The Morgan fingerprint density at radius 3 is 2.71 bits per heavy atom. The molecule has 110 valence electrons. The van der Waals surface area contributed by atoms with Crippen molar-refractivity contribution in [1.29, 1.82) is 0 Å². The number of benzene rings is 1. The summed E-state index contributed by atoms with van der Waals surface area (Å²) in [6.45, 7) is 3.53. The highest BCUT2D eigenvalue weighted by atomic mass is 79.9. The first kappa shape index (κ1) is 15.7. The number of aryl methyl sites for hydroxylation is 2. The number of nitrogens with one attached hydrogen (secondary N) is 1. The minimum absolute atomic E-state index is 0.344.